The molecule has 2 atom stereocenters. The molecule has 3 rings (SSSR count). The van der Waals surface area contributed by atoms with Crippen molar-refractivity contribution in [2.24, 2.45) is 5.92 Å². The summed E-state index contributed by atoms with van der Waals surface area (Å²) in [6.07, 6.45) is -9.00. The summed E-state index contributed by atoms with van der Waals surface area (Å²) in [6.45, 7) is 0. The van der Waals surface area contributed by atoms with E-state index in [1.165, 1.54) is 24.3 Å². The Bertz CT molecular complexity index is 742. The van der Waals surface area contributed by atoms with Crippen molar-refractivity contribution in [3.63, 3.8) is 0 Å². The Morgan fingerprint density at radius 1 is 0.692 bits per heavy atom. The van der Waals surface area contributed by atoms with E-state index in [1.807, 2.05) is 0 Å². The molecule has 0 spiro atoms. The molecule has 0 saturated heterocycles. The Morgan fingerprint density at radius 3 is 1.23 bits per heavy atom. The lowest BCUT2D eigenvalue weighted by Crippen LogP contribution is -2.04. The molecule has 1 saturated carbocycles. The third-order valence-corrected chi connectivity index (χ3v) is 4.55. The predicted octanol–water partition coefficient (Wildman–Crippen LogP) is 5.31. The van der Waals surface area contributed by atoms with Gasteiger partial charge in [-0.05, 0) is 35.4 Å². The third kappa shape index (κ3) is 3.40. The van der Waals surface area contributed by atoms with Crippen LogP contribution in [0.4, 0.5) is 26.3 Å². The second-order valence-corrected chi connectivity index (χ2v) is 6.16. The second kappa shape index (κ2) is 6.03. The van der Waals surface area contributed by atoms with Gasteiger partial charge < -0.3 is 5.11 Å². The van der Waals surface area contributed by atoms with E-state index in [0.717, 1.165) is 24.3 Å². The molecule has 0 heterocycles. The van der Waals surface area contributed by atoms with Crippen LogP contribution in [0, 0.1) is 5.92 Å². The number of benzene rings is 2. The van der Waals surface area contributed by atoms with Gasteiger partial charge in [-0.15, -0.1) is 0 Å². The van der Waals surface area contributed by atoms with E-state index in [2.05, 4.69) is 0 Å². The topological polar surface area (TPSA) is 37.3 Å². The lowest BCUT2D eigenvalue weighted by molar-refractivity contribution is -0.139. The Balaban J connectivity index is 1.87. The van der Waals surface area contributed by atoms with Crippen LogP contribution in [0.2, 0.25) is 0 Å². The zero-order valence-electron chi connectivity index (χ0n) is 13.0. The molecule has 0 bridgehead atoms. The summed E-state index contributed by atoms with van der Waals surface area (Å²) in [5.41, 5.74) is -0.870. The average molecular weight is 374 g/mol. The molecule has 0 radical (unpaired) electrons. The number of alkyl halides is 6. The molecule has 26 heavy (non-hydrogen) atoms. The largest absolute Gasteiger partial charge is 0.481 e. The molecular weight excluding hydrogens is 362 g/mol. The summed E-state index contributed by atoms with van der Waals surface area (Å²) in [5.74, 6) is -3.18. The van der Waals surface area contributed by atoms with Crippen molar-refractivity contribution >= 4 is 5.97 Å². The molecule has 1 N–H and O–H groups in total. The summed E-state index contributed by atoms with van der Waals surface area (Å²) in [5, 5.41) is 9.32. The molecule has 2 aromatic rings. The number of carboxylic acid groups (broad SMARTS) is 1. The molecular formula is C18H12F6O2. The molecule has 2 aromatic carbocycles. The van der Waals surface area contributed by atoms with Crippen LogP contribution in [0.1, 0.15) is 34.1 Å². The van der Waals surface area contributed by atoms with Crippen molar-refractivity contribution in [1.82, 2.24) is 0 Å². The van der Waals surface area contributed by atoms with Crippen molar-refractivity contribution in [2.45, 2.75) is 24.2 Å². The maximum atomic E-state index is 12.6. The van der Waals surface area contributed by atoms with Gasteiger partial charge in [0, 0.05) is 11.8 Å². The molecule has 8 heteroatoms. The summed E-state index contributed by atoms with van der Waals surface area (Å²) < 4.78 is 75.8. The van der Waals surface area contributed by atoms with E-state index in [9.17, 15) is 36.2 Å². The summed E-state index contributed by atoms with van der Waals surface area (Å²) in [6, 6.07) is 8.35. The van der Waals surface area contributed by atoms with E-state index >= 15 is 0 Å². The van der Waals surface area contributed by atoms with E-state index in [1.54, 1.807) is 0 Å². The molecule has 2 nitrogen and oxygen atoms in total. The molecule has 0 aliphatic heterocycles. The van der Waals surface area contributed by atoms with Gasteiger partial charge in [0.15, 0.2) is 0 Å². The van der Waals surface area contributed by atoms with Crippen molar-refractivity contribution in [2.75, 3.05) is 0 Å². The first-order valence-electron chi connectivity index (χ1n) is 7.57. The first-order valence-corrected chi connectivity index (χ1v) is 7.57. The maximum Gasteiger partial charge on any atom is 0.416 e. The first-order chi connectivity index (χ1) is 12.0. The number of hydrogen-bond donors (Lipinski definition) is 1. The number of aliphatic carboxylic acids is 1. The van der Waals surface area contributed by atoms with E-state index in [0.29, 0.717) is 11.1 Å². The minimum absolute atomic E-state index is 0.412. The fourth-order valence-corrected chi connectivity index (χ4v) is 3.24. The molecule has 138 valence electrons. The molecule has 1 aliphatic carbocycles. The highest BCUT2D eigenvalue weighted by molar-refractivity contribution is 5.78. The zero-order valence-corrected chi connectivity index (χ0v) is 13.0. The first kappa shape index (κ1) is 18.3. The van der Waals surface area contributed by atoms with Gasteiger partial charge in [0.2, 0.25) is 0 Å². The van der Waals surface area contributed by atoms with Gasteiger partial charge >= 0.3 is 18.3 Å². The highest BCUT2D eigenvalue weighted by Gasteiger charge is 2.56. The fourth-order valence-electron chi connectivity index (χ4n) is 3.24. The minimum atomic E-state index is -4.50. The van der Waals surface area contributed by atoms with Crippen LogP contribution < -0.4 is 0 Å². The number of rotatable bonds is 3. The maximum absolute atomic E-state index is 12.6. The van der Waals surface area contributed by atoms with Crippen molar-refractivity contribution in [3.8, 4) is 0 Å². The fraction of sp³-hybridized carbons (Fsp3) is 0.278. The van der Waals surface area contributed by atoms with Gasteiger partial charge in [-0.1, -0.05) is 24.3 Å². The SMILES string of the molecule is O=C(O)C1[C@@H](c2ccc(C(F)(F)F)cc2)[C@@H]1c1ccc(C(F)(F)F)cc1. The van der Waals surface area contributed by atoms with Crippen LogP contribution in [0.3, 0.4) is 0 Å². The number of carbonyl (C=O) groups is 1. The monoisotopic (exact) mass is 374 g/mol. The van der Waals surface area contributed by atoms with E-state index < -0.39 is 47.2 Å². The summed E-state index contributed by atoms with van der Waals surface area (Å²) >= 11 is 0. The third-order valence-electron chi connectivity index (χ3n) is 4.55. The van der Waals surface area contributed by atoms with Crippen LogP contribution >= 0.6 is 0 Å². The molecule has 0 unspecified atom stereocenters. The van der Waals surface area contributed by atoms with Gasteiger partial charge in [0.1, 0.15) is 0 Å². The summed E-state index contributed by atoms with van der Waals surface area (Å²) in [4.78, 5) is 11.4. The Kier molecular flexibility index (Phi) is 4.24. The van der Waals surface area contributed by atoms with Gasteiger partial charge in [-0.25, -0.2) is 0 Å². The lowest BCUT2D eigenvalue weighted by Gasteiger charge is -2.08. The Labute approximate surface area is 144 Å². The van der Waals surface area contributed by atoms with Crippen molar-refractivity contribution in [3.05, 3.63) is 70.8 Å². The highest BCUT2D eigenvalue weighted by atomic mass is 19.4. The lowest BCUT2D eigenvalue weighted by atomic mass is 10.0. The van der Waals surface area contributed by atoms with Crippen LogP contribution in [-0.4, -0.2) is 11.1 Å². The average Bonchev–Trinajstić information content (AvgIpc) is 3.29. The van der Waals surface area contributed by atoms with Crippen molar-refractivity contribution < 1.29 is 36.2 Å². The predicted molar refractivity (Wildman–Crippen MR) is 79.5 cm³/mol. The number of carboxylic acids is 1. The van der Waals surface area contributed by atoms with Gasteiger partial charge in [-0.2, -0.15) is 26.3 Å². The van der Waals surface area contributed by atoms with E-state index in [4.69, 9.17) is 0 Å². The summed E-state index contributed by atoms with van der Waals surface area (Å²) in [7, 11) is 0. The van der Waals surface area contributed by atoms with E-state index in [-0.39, 0.29) is 0 Å². The van der Waals surface area contributed by atoms with Crippen molar-refractivity contribution in [1.29, 1.82) is 0 Å². The van der Waals surface area contributed by atoms with Crippen LogP contribution in [0.15, 0.2) is 48.5 Å². The van der Waals surface area contributed by atoms with Crippen LogP contribution in [0.5, 0.6) is 0 Å². The molecule has 0 aromatic heterocycles. The van der Waals surface area contributed by atoms with Gasteiger partial charge in [-0.3, -0.25) is 4.79 Å². The highest BCUT2D eigenvalue weighted by Crippen LogP contribution is 2.60. The van der Waals surface area contributed by atoms with Crippen LogP contribution in [0.25, 0.3) is 0 Å². The Hall–Kier alpha value is -2.51. The normalized spacial score (nSPS) is 22.9. The van der Waals surface area contributed by atoms with Gasteiger partial charge in [0.25, 0.3) is 0 Å². The molecule has 1 aliphatic rings. The molecule has 1 fully saturated rings. The Morgan fingerprint density at radius 2 is 1.00 bits per heavy atom. The standard InChI is InChI=1S/C18H12F6O2/c19-17(20,21)11-5-1-9(2-6-11)13-14(15(13)16(25)26)10-3-7-12(8-4-10)18(22,23)24/h1-8,13-15H,(H,25,26)/t13-,14-/m0/s1. The minimum Gasteiger partial charge on any atom is -0.481 e. The zero-order chi connectivity index (χ0) is 19.3. The quantitative estimate of drug-likeness (QED) is 0.740. The molecule has 0 amide bonds. The van der Waals surface area contributed by atoms with Crippen LogP contribution in [-0.2, 0) is 17.1 Å². The van der Waals surface area contributed by atoms with Gasteiger partial charge in [0.05, 0.1) is 17.0 Å². The second-order valence-electron chi connectivity index (χ2n) is 6.16. The number of halogens is 6. The smallest absolute Gasteiger partial charge is 0.416 e. The number of hydrogen-bond acceptors (Lipinski definition) is 1.